The van der Waals surface area contributed by atoms with Gasteiger partial charge in [-0.05, 0) is 19.9 Å². The van der Waals surface area contributed by atoms with Crippen LogP contribution in [0, 0.1) is 6.92 Å². The van der Waals surface area contributed by atoms with Gasteiger partial charge in [-0.15, -0.1) is 0 Å². The van der Waals surface area contributed by atoms with Crippen LogP contribution in [-0.2, 0) is 4.74 Å². The number of aromatic nitrogens is 2. The number of nitrogens with two attached hydrogens (primary N) is 1. The summed E-state index contributed by atoms with van der Waals surface area (Å²) in [5, 5.41) is 0. The van der Waals surface area contributed by atoms with Gasteiger partial charge in [0.2, 0.25) is 0 Å². The van der Waals surface area contributed by atoms with Gasteiger partial charge in [0.15, 0.2) is 0 Å². The Morgan fingerprint density at radius 3 is 2.81 bits per heavy atom. The normalized spacial score (nSPS) is 10.1. The molecule has 0 aromatic carbocycles. The summed E-state index contributed by atoms with van der Waals surface area (Å²) in [6.07, 6.45) is 0. The molecule has 0 fully saturated rings. The van der Waals surface area contributed by atoms with Crippen molar-refractivity contribution in [2.45, 2.75) is 13.8 Å². The minimum Gasteiger partial charge on any atom is -0.461 e. The van der Waals surface area contributed by atoms with Crippen LogP contribution in [0.3, 0.4) is 0 Å². The van der Waals surface area contributed by atoms with Crippen LogP contribution in [0.1, 0.15) is 18.3 Å². The Morgan fingerprint density at radius 2 is 2.19 bits per heavy atom. The molecule has 6 heteroatoms. The summed E-state index contributed by atoms with van der Waals surface area (Å²) in [6, 6.07) is 2.00. The van der Waals surface area contributed by atoms with Crippen LogP contribution in [0.2, 0.25) is 0 Å². The van der Waals surface area contributed by atoms with Crippen molar-refractivity contribution in [1.82, 2.24) is 9.97 Å². The number of nitrogens with zero attached hydrogens (tertiary/aromatic N) is 2. The molecule has 1 heterocycles. The van der Waals surface area contributed by atoms with Crippen LogP contribution >= 0.6 is 12.2 Å². The highest BCUT2D eigenvalue weighted by atomic mass is 32.1. The summed E-state index contributed by atoms with van der Waals surface area (Å²) in [5.41, 5.74) is 6.78. The number of aryl methyl sites for hydroxylation is 1. The molecule has 0 aliphatic heterocycles. The average molecular weight is 241 g/mol. The molecule has 0 atom stereocenters. The lowest BCUT2D eigenvalue weighted by Crippen LogP contribution is -2.15. The second-order valence-electron chi connectivity index (χ2n) is 3.09. The Labute approximate surface area is 100.0 Å². The van der Waals surface area contributed by atoms with Crippen molar-refractivity contribution in [2.24, 2.45) is 5.73 Å². The van der Waals surface area contributed by atoms with Crippen molar-refractivity contribution < 1.29 is 9.47 Å². The Bertz CT molecular complexity index is 371. The molecule has 16 heavy (non-hydrogen) atoms. The number of hydrogen-bond donors (Lipinski definition) is 1. The van der Waals surface area contributed by atoms with Crippen molar-refractivity contribution >= 4 is 17.2 Å². The summed E-state index contributed by atoms with van der Waals surface area (Å²) in [7, 11) is 0. The zero-order valence-electron chi connectivity index (χ0n) is 9.40. The standard InChI is InChI=1S/C10H15N3O2S/c1-3-14-4-5-15-10-12-7(2)6-8(13-10)9(11)16/h6H,3-5H2,1-2H3,(H2,11,16). The molecule has 1 aromatic rings. The lowest BCUT2D eigenvalue weighted by atomic mass is 10.3. The van der Waals surface area contributed by atoms with E-state index in [1.807, 2.05) is 13.8 Å². The van der Waals surface area contributed by atoms with Gasteiger partial charge in [-0.25, -0.2) is 4.98 Å². The van der Waals surface area contributed by atoms with Gasteiger partial charge >= 0.3 is 6.01 Å². The Hall–Kier alpha value is -1.27. The Morgan fingerprint density at radius 1 is 1.44 bits per heavy atom. The molecule has 0 saturated heterocycles. The Balaban J connectivity index is 2.62. The van der Waals surface area contributed by atoms with E-state index < -0.39 is 0 Å². The fraction of sp³-hybridized carbons (Fsp3) is 0.500. The predicted octanol–water partition coefficient (Wildman–Crippen LogP) is 0.835. The van der Waals surface area contributed by atoms with E-state index in [0.717, 1.165) is 5.69 Å². The van der Waals surface area contributed by atoms with Crippen LogP contribution in [0.25, 0.3) is 0 Å². The highest BCUT2D eigenvalue weighted by molar-refractivity contribution is 7.80. The van der Waals surface area contributed by atoms with Crippen molar-refractivity contribution in [3.8, 4) is 6.01 Å². The number of hydrogen-bond acceptors (Lipinski definition) is 5. The molecule has 0 amide bonds. The lowest BCUT2D eigenvalue weighted by Gasteiger charge is -2.06. The minimum absolute atomic E-state index is 0.236. The van der Waals surface area contributed by atoms with E-state index in [4.69, 9.17) is 27.4 Å². The molecule has 0 radical (unpaired) electrons. The quantitative estimate of drug-likeness (QED) is 0.587. The zero-order valence-corrected chi connectivity index (χ0v) is 10.2. The highest BCUT2D eigenvalue weighted by Gasteiger charge is 2.05. The maximum atomic E-state index is 5.49. The van der Waals surface area contributed by atoms with Crippen molar-refractivity contribution in [2.75, 3.05) is 19.8 Å². The fourth-order valence-electron chi connectivity index (χ4n) is 1.07. The molecule has 2 N–H and O–H groups in total. The molecule has 0 spiro atoms. The van der Waals surface area contributed by atoms with Crippen LogP contribution in [0.5, 0.6) is 6.01 Å². The summed E-state index contributed by atoms with van der Waals surface area (Å²) in [6.45, 7) is 5.34. The number of thiocarbonyl (C=S) groups is 1. The molecule has 0 aliphatic rings. The zero-order chi connectivity index (χ0) is 12.0. The lowest BCUT2D eigenvalue weighted by molar-refractivity contribution is 0.106. The van der Waals surface area contributed by atoms with Gasteiger partial charge in [-0.1, -0.05) is 12.2 Å². The molecular weight excluding hydrogens is 226 g/mol. The van der Waals surface area contributed by atoms with E-state index in [2.05, 4.69) is 9.97 Å². The van der Waals surface area contributed by atoms with Gasteiger partial charge < -0.3 is 15.2 Å². The first-order chi connectivity index (χ1) is 7.63. The highest BCUT2D eigenvalue weighted by Crippen LogP contribution is 2.06. The topological polar surface area (TPSA) is 70.3 Å². The molecule has 0 bridgehead atoms. The van der Waals surface area contributed by atoms with Crippen molar-refractivity contribution in [3.05, 3.63) is 17.5 Å². The first kappa shape index (κ1) is 12.8. The van der Waals surface area contributed by atoms with Crippen LogP contribution in [-0.4, -0.2) is 34.8 Å². The third-order valence-corrected chi connectivity index (χ3v) is 1.96. The molecule has 1 rings (SSSR count). The summed E-state index contributed by atoms with van der Waals surface area (Å²) < 4.78 is 10.4. The Kier molecular flexibility index (Phi) is 5.07. The van der Waals surface area contributed by atoms with E-state index >= 15 is 0 Å². The predicted molar refractivity (Wildman–Crippen MR) is 64.6 cm³/mol. The van der Waals surface area contributed by atoms with Gasteiger partial charge in [-0.2, -0.15) is 4.98 Å². The van der Waals surface area contributed by atoms with E-state index in [0.29, 0.717) is 25.5 Å². The maximum absolute atomic E-state index is 5.49. The third-order valence-electron chi connectivity index (χ3n) is 1.75. The van der Waals surface area contributed by atoms with Gasteiger partial charge in [-0.3, -0.25) is 0 Å². The first-order valence-electron chi connectivity index (χ1n) is 4.99. The average Bonchev–Trinajstić information content (AvgIpc) is 2.23. The SMILES string of the molecule is CCOCCOc1nc(C)cc(C(N)=S)n1. The molecule has 0 saturated carbocycles. The van der Waals surface area contributed by atoms with Crippen LogP contribution in [0.15, 0.2) is 6.07 Å². The summed E-state index contributed by atoms with van der Waals surface area (Å²) in [4.78, 5) is 8.42. The van der Waals surface area contributed by atoms with Crippen molar-refractivity contribution in [1.29, 1.82) is 0 Å². The molecular formula is C10H15N3O2S. The second kappa shape index (κ2) is 6.34. The number of rotatable bonds is 6. The monoisotopic (exact) mass is 241 g/mol. The van der Waals surface area contributed by atoms with Crippen molar-refractivity contribution in [3.63, 3.8) is 0 Å². The largest absolute Gasteiger partial charge is 0.461 e. The smallest absolute Gasteiger partial charge is 0.317 e. The maximum Gasteiger partial charge on any atom is 0.317 e. The van der Waals surface area contributed by atoms with E-state index in [-0.39, 0.29) is 11.0 Å². The van der Waals surface area contributed by atoms with E-state index in [1.165, 1.54) is 0 Å². The van der Waals surface area contributed by atoms with Gasteiger partial charge in [0, 0.05) is 12.3 Å². The fourth-order valence-corrected chi connectivity index (χ4v) is 1.17. The molecule has 1 aromatic heterocycles. The third kappa shape index (κ3) is 4.08. The van der Waals surface area contributed by atoms with Gasteiger partial charge in [0.05, 0.1) is 6.61 Å². The van der Waals surface area contributed by atoms with Crippen LogP contribution in [0.4, 0.5) is 0 Å². The van der Waals surface area contributed by atoms with Gasteiger partial charge in [0.25, 0.3) is 0 Å². The van der Waals surface area contributed by atoms with E-state index in [1.54, 1.807) is 6.07 Å². The minimum atomic E-state index is 0.236. The second-order valence-corrected chi connectivity index (χ2v) is 3.53. The van der Waals surface area contributed by atoms with E-state index in [9.17, 15) is 0 Å². The molecule has 0 aliphatic carbocycles. The molecule has 88 valence electrons. The van der Waals surface area contributed by atoms with Gasteiger partial charge in [0.1, 0.15) is 17.3 Å². The molecule has 5 nitrogen and oxygen atoms in total. The van der Waals surface area contributed by atoms with Crippen LogP contribution < -0.4 is 10.5 Å². The first-order valence-corrected chi connectivity index (χ1v) is 5.40. The number of ether oxygens (including phenoxy) is 2. The molecule has 0 unspecified atom stereocenters. The summed E-state index contributed by atoms with van der Waals surface area (Å²) in [5.74, 6) is 0. The summed E-state index contributed by atoms with van der Waals surface area (Å²) >= 11 is 4.84.